The molecule has 0 fully saturated rings. The van der Waals surface area contributed by atoms with Crippen molar-refractivity contribution < 1.29 is 14.3 Å². The van der Waals surface area contributed by atoms with Gasteiger partial charge in [0.2, 0.25) is 12.7 Å². The number of benzene rings is 1. The topological polar surface area (TPSA) is 65.4 Å². The summed E-state index contributed by atoms with van der Waals surface area (Å²) in [6.45, 7) is 1.08. The van der Waals surface area contributed by atoms with E-state index < -0.39 is 0 Å². The van der Waals surface area contributed by atoms with Gasteiger partial charge in [-0.1, -0.05) is 0 Å². The summed E-state index contributed by atoms with van der Waals surface area (Å²) >= 11 is 1.42. The first kappa shape index (κ1) is 15.7. The van der Waals surface area contributed by atoms with Crippen molar-refractivity contribution in [3.05, 3.63) is 48.1 Å². The van der Waals surface area contributed by atoms with Crippen molar-refractivity contribution in [3.63, 3.8) is 0 Å². The molecule has 6 nitrogen and oxygen atoms in total. The third kappa shape index (κ3) is 3.66. The summed E-state index contributed by atoms with van der Waals surface area (Å²) in [5, 5.41) is 5.40. The summed E-state index contributed by atoms with van der Waals surface area (Å²) in [5.41, 5.74) is 1.75. The van der Waals surface area contributed by atoms with Crippen molar-refractivity contribution in [2.75, 3.05) is 12.1 Å². The van der Waals surface area contributed by atoms with E-state index in [4.69, 9.17) is 9.47 Å². The minimum atomic E-state index is -0.0151. The maximum Gasteiger partial charge on any atom is 0.231 e. The number of hydrogen-bond acceptors (Lipinski definition) is 5. The fourth-order valence-corrected chi connectivity index (χ4v) is 3.38. The lowest BCUT2D eigenvalue weighted by atomic mass is 10.1. The van der Waals surface area contributed by atoms with Gasteiger partial charge < -0.3 is 19.4 Å². The Morgan fingerprint density at radius 2 is 2.08 bits per heavy atom. The molecule has 1 aliphatic heterocycles. The third-order valence-corrected chi connectivity index (χ3v) is 4.66. The van der Waals surface area contributed by atoms with Gasteiger partial charge in [0.15, 0.2) is 16.6 Å². The van der Waals surface area contributed by atoms with Crippen molar-refractivity contribution in [2.45, 2.75) is 19.4 Å². The number of nitrogens with zero attached hydrogens (tertiary/aromatic N) is 2. The molecule has 0 saturated carbocycles. The summed E-state index contributed by atoms with van der Waals surface area (Å²) < 4.78 is 12.8. The number of carbonyl (C=O) groups excluding carboxylic acids is 1. The molecule has 0 aliphatic carbocycles. The molecule has 25 heavy (non-hydrogen) atoms. The maximum absolute atomic E-state index is 12.0. The average molecular weight is 355 g/mol. The first-order valence-electron chi connectivity index (χ1n) is 8.04. The molecule has 0 radical (unpaired) electrons. The first-order valence-corrected chi connectivity index (χ1v) is 8.92. The van der Waals surface area contributed by atoms with Crippen LogP contribution >= 0.6 is 11.3 Å². The number of hydrogen-bond donors (Lipinski definition) is 1. The van der Waals surface area contributed by atoms with Crippen molar-refractivity contribution in [1.29, 1.82) is 0 Å². The maximum atomic E-state index is 12.0. The van der Waals surface area contributed by atoms with E-state index in [1.807, 2.05) is 48.1 Å². The fraction of sp³-hybridized carbons (Fsp3) is 0.222. The highest BCUT2D eigenvalue weighted by molar-refractivity contribution is 7.14. The predicted molar refractivity (Wildman–Crippen MR) is 96.0 cm³/mol. The zero-order valence-corrected chi connectivity index (χ0v) is 14.3. The summed E-state index contributed by atoms with van der Waals surface area (Å²) in [6, 6.07) is 9.67. The van der Waals surface area contributed by atoms with Crippen molar-refractivity contribution in [2.24, 2.45) is 0 Å². The van der Waals surface area contributed by atoms with Gasteiger partial charge in [0.05, 0.1) is 5.69 Å². The van der Waals surface area contributed by atoms with Gasteiger partial charge in [-0.05, 0) is 36.8 Å². The van der Waals surface area contributed by atoms with Crippen LogP contribution in [0.3, 0.4) is 0 Å². The zero-order chi connectivity index (χ0) is 17.1. The van der Waals surface area contributed by atoms with Crippen LogP contribution in [0.1, 0.15) is 12.8 Å². The Balaban J connectivity index is 1.34. The number of thiazole rings is 1. The highest BCUT2D eigenvalue weighted by Crippen LogP contribution is 2.36. The van der Waals surface area contributed by atoms with Crippen LogP contribution in [0.25, 0.3) is 11.3 Å². The molecule has 2 aromatic heterocycles. The van der Waals surface area contributed by atoms with Crippen LogP contribution in [0.15, 0.2) is 48.1 Å². The number of anilines is 1. The van der Waals surface area contributed by atoms with Crippen LogP contribution in [-0.2, 0) is 11.3 Å². The molecule has 1 N–H and O–H groups in total. The van der Waals surface area contributed by atoms with E-state index in [-0.39, 0.29) is 12.7 Å². The molecular weight excluding hydrogens is 338 g/mol. The lowest BCUT2D eigenvalue weighted by molar-refractivity contribution is -0.116. The zero-order valence-electron chi connectivity index (χ0n) is 13.5. The molecule has 3 heterocycles. The minimum absolute atomic E-state index is 0.0151. The molecule has 1 aromatic carbocycles. The van der Waals surface area contributed by atoms with Gasteiger partial charge in [-0.2, -0.15) is 0 Å². The van der Waals surface area contributed by atoms with Crippen LogP contribution in [-0.4, -0.2) is 22.3 Å². The summed E-state index contributed by atoms with van der Waals surface area (Å²) in [7, 11) is 0. The lowest BCUT2D eigenvalue weighted by Gasteiger charge is -2.03. The first-order chi connectivity index (χ1) is 12.3. The van der Waals surface area contributed by atoms with Crippen LogP contribution in [0.5, 0.6) is 11.5 Å². The normalized spacial score (nSPS) is 12.3. The number of aryl methyl sites for hydroxylation is 1. The lowest BCUT2D eigenvalue weighted by Crippen LogP contribution is -2.12. The summed E-state index contributed by atoms with van der Waals surface area (Å²) in [5.74, 6) is 1.45. The number of rotatable bonds is 6. The van der Waals surface area contributed by atoms with Gasteiger partial charge in [0, 0.05) is 36.3 Å². The SMILES string of the molecule is O=C(CCCn1cccc1)Nc1nc(-c2ccc3c(c2)OCO3)cs1. The molecule has 0 unspecified atom stereocenters. The monoisotopic (exact) mass is 355 g/mol. The second-order valence-electron chi connectivity index (χ2n) is 5.68. The quantitative estimate of drug-likeness (QED) is 0.731. The summed E-state index contributed by atoms with van der Waals surface area (Å²) in [6.07, 6.45) is 5.25. The summed E-state index contributed by atoms with van der Waals surface area (Å²) in [4.78, 5) is 16.5. The molecule has 0 bridgehead atoms. The largest absolute Gasteiger partial charge is 0.454 e. The van der Waals surface area contributed by atoms with Crippen molar-refractivity contribution in [1.82, 2.24) is 9.55 Å². The predicted octanol–water partition coefficient (Wildman–Crippen LogP) is 3.76. The molecule has 3 aromatic rings. The van der Waals surface area contributed by atoms with Crippen molar-refractivity contribution >= 4 is 22.4 Å². The molecule has 1 aliphatic rings. The fourth-order valence-electron chi connectivity index (χ4n) is 2.64. The van der Waals surface area contributed by atoms with E-state index >= 15 is 0 Å². The van der Waals surface area contributed by atoms with E-state index in [1.54, 1.807) is 0 Å². The number of carbonyl (C=O) groups is 1. The van der Waals surface area contributed by atoms with Crippen LogP contribution < -0.4 is 14.8 Å². The number of amides is 1. The van der Waals surface area contributed by atoms with Gasteiger partial charge in [-0.15, -0.1) is 11.3 Å². The Morgan fingerprint density at radius 1 is 1.24 bits per heavy atom. The molecule has 4 rings (SSSR count). The Morgan fingerprint density at radius 3 is 2.96 bits per heavy atom. The van der Waals surface area contributed by atoms with Gasteiger partial charge in [-0.3, -0.25) is 4.79 Å². The second kappa shape index (κ2) is 6.98. The second-order valence-corrected chi connectivity index (χ2v) is 6.54. The molecule has 0 spiro atoms. The van der Waals surface area contributed by atoms with Crippen LogP contribution in [0.4, 0.5) is 5.13 Å². The number of ether oxygens (including phenoxy) is 2. The Bertz CT molecular complexity index is 874. The van der Waals surface area contributed by atoms with E-state index in [0.29, 0.717) is 11.6 Å². The van der Waals surface area contributed by atoms with E-state index in [1.165, 1.54) is 11.3 Å². The van der Waals surface area contributed by atoms with Crippen LogP contribution in [0.2, 0.25) is 0 Å². The molecule has 0 saturated heterocycles. The Kier molecular flexibility index (Phi) is 4.39. The smallest absolute Gasteiger partial charge is 0.231 e. The average Bonchev–Trinajstić information content (AvgIpc) is 3.35. The number of aromatic nitrogens is 2. The molecule has 0 atom stereocenters. The van der Waals surface area contributed by atoms with Gasteiger partial charge in [-0.25, -0.2) is 4.98 Å². The third-order valence-electron chi connectivity index (χ3n) is 3.91. The Hall–Kier alpha value is -2.80. The van der Waals surface area contributed by atoms with Crippen LogP contribution in [0, 0.1) is 0 Å². The van der Waals surface area contributed by atoms with Gasteiger partial charge in [0.25, 0.3) is 0 Å². The molecule has 128 valence electrons. The highest BCUT2D eigenvalue weighted by Gasteiger charge is 2.15. The molecule has 7 heteroatoms. The molecular formula is C18H17N3O3S. The number of nitrogens with one attached hydrogen (secondary N) is 1. The standard InChI is InChI=1S/C18H17N3O3S/c22-17(4-3-9-21-7-1-2-8-21)20-18-19-14(11-25-18)13-5-6-15-16(10-13)24-12-23-15/h1-2,5-8,10-11H,3-4,9,12H2,(H,19,20,22). The minimum Gasteiger partial charge on any atom is -0.454 e. The van der Waals surface area contributed by atoms with E-state index in [0.717, 1.165) is 35.7 Å². The number of fused-ring (bicyclic) bond motifs is 1. The van der Waals surface area contributed by atoms with Gasteiger partial charge >= 0.3 is 0 Å². The van der Waals surface area contributed by atoms with Gasteiger partial charge in [0.1, 0.15) is 0 Å². The Labute approximate surface area is 149 Å². The van der Waals surface area contributed by atoms with E-state index in [9.17, 15) is 4.79 Å². The van der Waals surface area contributed by atoms with Crippen molar-refractivity contribution in [3.8, 4) is 22.8 Å². The highest BCUT2D eigenvalue weighted by atomic mass is 32.1. The molecule has 1 amide bonds. The van der Waals surface area contributed by atoms with E-state index in [2.05, 4.69) is 14.9 Å².